The molecule has 102 valence electrons. The van der Waals surface area contributed by atoms with Crippen LogP contribution < -0.4 is 5.32 Å². The molecule has 0 aromatic carbocycles. The van der Waals surface area contributed by atoms with Gasteiger partial charge in [0.1, 0.15) is 0 Å². The molecular weight excluding hydrogens is 214 g/mol. The van der Waals surface area contributed by atoms with Gasteiger partial charge in [0.25, 0.3) is 0 Å². The van der Waals surface area contributed by atoms with Gasteiger partial charge in [0.2, 0.25) is 0 Å². The molecule has 0 saturated heterocycles. The van der Waals surface area contributed by atoms with E-state index in [0.29, 0.717) is 19.2 Å². The summed E-state index contributed by atoms with van der Waals surface area (Å²) in [4.78, 5) is 0. The molecule has 1 fully saturated rings. The summed E-state index contributed by atoms with van der Waals surface area (Å²) in [5, 5.41) is 13.1. The summed E-state index contributed by atoms with van der Waals surface area (Å²) in [7, 11) is 0. The highest BCUT2D eigenvalue weighted by atomic mass is 16.5. The monoisotopic (exact) mass is 243 g/mol. The van der Waals surface area contributed by atoms with E-state index < -0.39 is 0 Å². The molecule has 3 nitrogen and oxygen atoms in total. The van der Waals surface area contributed by atoms with Gasteiger partial charge in [0.05, 0.1) is 12.7 Å². The van der Waals surface area contributed by atoms with Crippen LogP contribution in [0.15, 0.2) is 0 Å². The zero-order valence-corrected chi connectivity index (χ0v) is 11.6. The van der Waals surface area contributed by atoms with Gasteiger partial charge in [-0.2, -0.15) is 0 Å². The molecule has 0 aliphatic heterocycles. The van der Waals surface area contributed by atoms with E-state index in [9.17, 15) is 5.11 Å². The third kappa shape index (κ3) is 8.58. The first-order valence-electron chi connectivity index (χ1n) is 7.07. The van der Waals surface area contributed by atoms with Crippen molar-refractivity contribution in [2.75, 3.05) is 19.8 Å². The van der Waals surface area contributed by atoms with E-state index in [-0.39, 0.29) is 6.10 Å². The maximum absolute atomic E-state index is 9.72. The molecular formula is C14H29NO2. The lowest BCUT2D eigenvalue weighted by Crippen LogP contribution is -2.36. The second kappa shape index (κ2) is 8.06. The number of ether oxygens (including phenoxy) is 1. The summed E-state index contributed by atoms with van der Waals surface area (Å²) in [6.07, 6.45) is 4.66. The maximum atomic E-state index is 9.72. The van der Waals surface area contributed by atoms with Crippen LogP contribution in [0.1, 0.15) is 46.5 Å². The van der Waals surface area contributed by atoms with Crippen molar-refractivity contribution in [2.45, 2.75) is 58.6 Å². The molecule has 0 heterocycles. The fourth-order valence-corrected chi connectivity index (χ4v) is 1.74. The van der Waals surface area contributed by atoms with E-state index in [2.05, 4.69) is 26.1 Å². The van der Waals surface area contributed by atoms with Crippen LogP contribution in [-0.4, -0.2) is 37.0 Å². The number of hydrogen-bond acceptors (Lipinski definition) is 3. The lowest BCUT2D eigenvalue weighted by atomic mass is 10.0. The van der Waals surface area contributed by atoms with Crippen LogP contribution in [0.25, 0.3) is 0 Å². The fraction of sp³-hybridized carbons (Fsp3) is 1.00. The summed E-state index contributed by atoms with van der Waals surface area (Å²) >= 11 is 0. The molecule has 2 atom stereocenters. The van der Waals surface area contributed by atoms with Gasteiger partial charge < -0.3 is 15.2 Å². The van der Waals surface area contributed by atoms with Crippen molar-refractivity contribution in [3.05, 3.63) is 0 Å². The summed E-state index contributed by atoms with van der Waals surface area (Å²) in [6, 6.07) is 0.482. The average Bonchev–Trinajstić information content (AvgIpc) is 3.07. The minimum absolute atomic E-state index is 0.366. The van der Waals surface area contributed by atoms with Crippen molar-refractivity contribution in [1.82, 2.24) is 5.32 Å². The third-order valence-electron chi connectivity index (χ3n) is 3.24. The number of aliphatic hydroxyl groups is 1. The summed E-state index contributed by atoms with van der Waals surface area (Å²) in [5.41, 5.74) is 0. The van der Waals surface area contributed by atoms with Crippen molar-refractivity contribution in [2.24, 2.45) is 11.8 Å². The normalized spacial score (nSPS) is 19.6. The van der Waals surface area contributed by atoms with Crippen LogP contribution in [0.4, 0.5) is 0 Å². The van der Waals surface area contributed by atoms with Crippen molar-refractivity contribution in [3.63, 3.8) is 0 Å². The van der Waals surface area contributed by atoms with E-state index in [1.54, 1.807) is 0 Å². The first-order chi connectivity index (χ1) is 8.08. The Hall–Kier alpha value is -0.120. The van der Waals surface area contributed by atoms with Crippen LogP contribution in [0.2, 0.25) is 0 Å². The average molecular weight is 243 g/mol. The number of nitrogens with one attached hydrogen (secondary N) is 1. The summed E-state index contributed by atoms with van der Waals surface area (Å²) in [6.45, 7) is 8.62. The molecule has 0 radical (unpaired) electrons. The number of aliphatic hydroxyl groups excluding tert-OH is 1. The Kier molecular flexibility index (Phi) is 7.09. The Bertz CT molecular complexity index is 193. The molecule has 0 unspecified atom stereocenters. The van der Waals surface area contributed by atoms with Gasteiger partial charge in [0.15, 0.2) is 0 Å². The molecule has 0 aromatic heterocycles. The first-order valence-corrected chi connectivity index (χ1v) is 7.07. The predicted octanol–water partition coefficient (Wildman–Crippen LogP) is 2.19. The van der Waals surface area contributed by atoms with Crippen molar-refractivity contribution in [1.29, 1.82) is 0 Å². The number of hydrogen-bond donors (Lipinski definition) is 2. The molecule has 0 spiro atoms. The van der Waals surface area contributed by atoms with Gasteiger partial charge >= 0.3 is 0 Å². The quantitative estimate of drug-likeness (QED) is 0.618. The molecule has 3 heteroatoms. The molecule has 0 aromatic rings. The highest BCUT2D eigenvalue weighted by Gasteiger charge is 2.21. The van der Waals surface area contributed by atoms with Crippen molar-refractivity contribution < 1.29 is 9.84 Å². The Morgan fingerprint density at radius 2 is 1.94 bits per heavy atom. The molecule has 1 rings (SSSR count). The second-order valence-electron chi connectivity index (χ2n) is 5.92. The highest BCUT2D eigenvalue weighted by molar-refractivity contribution is 4.72. The van der Waals surface area contributed by atoms with E-state index in [4.69, 9.17) is 4.74 Å². The lowest BCUT2D eigenvalue weighted by molar-refractivity contribution is 0.0313. The van der Waals surface area contributed by atoms with Crippen molar-refractivity contribution >= 4 is 0 Å². The number of rotatable bonds is 10. The minimum atomic E-state index is -0.366. The van der Waals surface area contributed by atoms with Gasteiger partial charge in [-0.3, -0.25) is 0 Å². The molecule has 1 aliphatic carbocycles. The smallest absolute Gasteiger partial charge is 0.0897 e. The van der Waals surface area contributed by atoms with E-state index >= 15 is 0 Å². The van der Waals surface area contributed by atoms with Crippen LogP contribution >= 0.6 is 0 Å². The standard InChI is InChI=1S/C14H29NO2/c1-11(2)4-5-12(3)15-8-14(16)10-17-9-13-6-7-13/h11-16H,4-10H2,1-3H3/t12-,14-/m0/s1. The third-order valence-corrected chi connectivity index (χ3v) is 3.24. The van der Waals surface area contributed by atoms with Gasteiger partial charge in [-0.25, -0.2) is 0 Å². The van der Waals surface area contributed by atoms with Crippen LogP contribution in [0, 0.1) is 11.8 Å². The Labute approximate surface area is 106 Å². The van der Waals surface area contributed by atoms with Crippen molar-refractivity contribution in [3.8, 4) is 0 Å². The van der Waals surface area contributed by atoms with E-state index in [1.807, 2.05) is 0 Å². The summed E-state index contributed by atoms with van der Waals surface area (Å²) < 4.78 is 5.46. The van der Waals surface area contributed by atoms with Crippen LogP contribution in [0.5, 0.6) is 0 Å². The topological polar surface area (TPSA) is 41.5 Å². The molecule has 1 saturated carbocycles. The largest absolute Gasteiger partial charge is 0.389 e. The minimum Gasteiger partial charge on any atom is -0.389 e. The fourth-order valence-electron chi connectivity index (χ4n) is 1.74. The SMILES string of the molecule is CC(C)CC[C@H](C)NC[C@H](O)COCC1CC1. The second-order valence-corrected chi connectivity index (χ2v) is 5.92. The first kappa shape index (κ1) is 14.9. The van der Waals surface area contributed by atoms with Crippen LogP contribution in [0.3, 0.4) is 0 Å². The van der Waals surface area contributed by atoms with E-state index in [0.717, 1.165) is 18.4 Å². The van der Waals surface area contributed by atoms with Gasteiger partial charge in [-0.15, -0.1) is 0 Å². The molecule has 17 heavy (non-hydrogen) atoms. The van der Waals surface area contributed by atoms with E-state index in [1.165, 1.54) is 25.7 Å². The molecule has 2 N–H and O–H groups in total. The molecule has 0 bridgehead atoms. The maximum Gasteiger partial charge on any atom is 0.0897 e. The van der Waals surface area contributed by atoms with Gasteiger partial charge in [-0.05, 0) is 44.4 Å². The van der Waals surface area contributed by atoms with Gasteiger partial charge in [0, 0.05) is 19.2 Å². The Morgan fingerprint density at radius 3 is 2.53 bits per heavy atom. The Morgan fingerprint density at radius 1 is 1.24 bits per heavy atom. The summed E-state index contributed by atoms with van der Waals surface area (Å²) in [5.74, 6) is 1.53. The Balaban J connectivity index is 1.91. The molecule has 0 amide bonds. The van der Waals surface area contributed by atoms with Gasteiger partial charge in [-0.1, -0.05) is 13.8 Å². The van der Waals surface area contributed by atoms with Crippen LogP contribution in [-0.2, 0) is 4.74 Å². The predicted molar refractivity (Wildman–Crippen MR) is 71.1 cm³/mol. The highest BCUT2D eigenvalue weighted by Crippen LogP contribution is 2.28. The zero-order chi connectivity index (χ0) is 12.7. The molecule has 1 aliphatic rings. The zero-order valence-electron chi connectivity index (χ0n) is 11.6. The lowest BCUT2D eigenvalue weighted by Gasteiger charge is -2.18.